The highest BCUT2D eigenvalue weighted by molar-refractivity contribution is 7.91. The first-order valence-electron chi connectivity index (χ1n) is 7.96. The Morgan fingerprint density at radius 2 is 1.89 bits per heavy atom. The molecule has 0 spiro atoms. The van der Waals surface area contributed by atoms with Gasteiger partial charge in [0.25, 0.3) is 5.91 Å². The summed E-state index contributed by atoms with van der Waals surface area (Å²) in [4.78, 5) is 12.4. The fourth-order valence-electron chi connectivity index (χ4n) is 2.72. The van der Waals surface area contributed by atoms with Crippen molar-refractivity contribution in [1.82, 2.24) is 0 Å². The van der Waals surface area contributed by atoms with Crippen LogP contribution in [0.15, 0.2) is 41.3 Å². The molecule has 1 aliphatic heterocycles. The average Bonchev–Trinajstić information content (AvgIpc) is 2.56. The maximum Gasteiger partial charge on any atom is 0.257 e. The maximum atomic E-state index is 13.3. The molecule has 0 aliphatic carbocycles. The number of carbonyl (C=O) groups is 1. The number of hydrogen-bond donors (Lipinski definition) is 1. The largest absolute Gasteiger partial charge is 0.380 e. The van der Waals surface area contributed by atoms with E-state index >= 15 is 0 Å². The van der Waals surface area contributed by atoms with Crippen LogP contribution in [-0.4, -0.2) is 33.3 Å². The van der Waals surface area contributed by atoms with Crippen LogP contribution in [0.25, 0.3) is 0 Å². The third kappa shape index (κ3) is 4.28. The highest BCUT2D eigenvalue weighted by Gasteiger charge is 2.38. The Bertz CT molecular complexity index is 1010. The number of nitrogens with one attached hydrogen (secondary N) is 1. The average molecular weight is 416 g/mol. The molecule has 0 saturated carbocycles. The van der Waals surface area contributed by atoms with Gasteiger partial charge in [0.15, 0.2) is 21.5 Å². The lowest BCUT2D eigenvalue weighted by Gasteiger charge is -2.37. The van der Waals surface area contributed by atoms with Crippen molar-refractivity contribution in [3.8, 4) is 0 Å². The Kier molecular flexibility index (Phi) is 5.24. The summed E-state index contributed by atoms with van der Waals surface area (Å²) in [5.74, 6) is -3.02. The highest BCUT2D eigenvalue weighted by atomic mass is 35.5. The first-order chi connectivity index (χ1) is 12.6. The summed E-state index contributed by atoms with van der Waals surface area (Å²) in [5.41, 5.74) is -0.535. The van der Waals surface area contributed by atoms with E-state index < -0.39 is 32.8 Å². The van der Waals surface area contributed by atoms with E-state index in [0.717, 1.165) is 12.1 Å². The lowest BCUT2D eigenvalue weighted by molar-refractivity contribution is -0.0870. The van der Waals surface area contributed by atoms with Crippen LogP contribution in [0, 0.1) is 17.0 Å². The molecular formula is C18H16ClF2NO4S. The summed E-state index contributed by atoms with van der Waals surface area (Å²) in [6.07, 6.45) is 0. The van der Waals surface area contributed by atoms with Crippen molar-refractivity contribution in [3.05, 3.63) is 58.6 Å². The summed E-state index contributed by atoms with van der Waals surface area (Å²) >= 11 is 6.03. The van der Waals surface area contributed by atoms with E-state index in [-0.39, 0.29) is 26.9 Å². The fraction of sp³-hybridized carbons (Fsp3) is 0.278. The first-order valence-corrected chi connectivity index (χ1v) is 9.99. The van der Waals surface area contributed by atoms with Crippen molar-refractivity contribution >= 4 is 33.0 Å². The number of halogens is 3. The van der Waals surface area contributed by atoms with E-state index in [9.17, 15) is 22.0 Å². The van der Waals surface area contributed by atoms with Crippen LogP contribution in [0.1, 0.15) is 17.3 Å². The molecule has 0 unspecified atom stereocenters. The Labute approximate surface area is 160 Å². The van der Waals surface area contributed by atoms with Crippen LogP contribution in [-0.2, 0) is 14.6 Å². The van der Waals surface area contributed by atoms with Gasteiger partial charge in [0.05, 0.1) is 34.4 Å². The number of sulfone groups is 1. The van der Waals surface area contributed by atoms with Crippen LogP contribution in [0.3, 0.4) is 0 Å². The van der Waals surface area contributed by atoms with E-state index in [1.807, 2.05) is 0 Å². The molecule has 1 fully saturated rings. The van der Waals surface area contributed by atoms with Crippen molar-refractivity contribution in [1.29, 1.82) is 0 Å². The maximum absolute atomic E-state index is 13.3. The quantitative estimate of drug-likeness (QED) is 0.808. The molecule has 2 aromatic carbocycles. The number of carbonyl (C=O) groups excluding carboxylic acids is 1. The molecule has 1 heterocycles. The zero-order valence-corrected chi connectivity index (χ0v) is 15.8. The van der Waals surface area contributed by atoms with Crippen molar-refractivity contribution < 1.29 is 26.7 Å². The fourth-order valence-corrected chi connectivity index (χ4v) is 4.75. The zero-order chi connectivity index (χ0) is 19.8. The van der Waals surface area contributed by atoms with Gasteiger partial charge in [-0.05, 0) is 30.3 Å². The number of ether oxygens (including phenoxy) is 1. The minimum Gasteiger partial charge on any atom is -0.380 e. The van der Waals surface area contributed by atoms with Crippen molar-refractivity contribution in [3.63, 3.8) is 0 Å². The van der Waals surface area contributed by atoms with E-state index in [1.54, 1.807) is 6.92 Å². The van der Waals surface area contributed by atoms with Gasteiger partial charge < -0.3 is 10.1 Å². The molecule has 9 heteroatoms. The van der Waals surface area contributed by atoms with E-state index in [0.29, 0.717) is 13.2 Å². The number of rotatable bonds is 5. The Morgan fingerprint density at radius 3 is 2.48 bits per heavy atom. The minimum absolute atomic E-state index is 0.0161. The topological polar surface area (TPSA) is 72.5 Å². The molecule has 1 amide bonds. The number of amides is 1. The van der Waals surface area contributed by atoms with Gasteiger partial charge >= 0.3 is 0 Å². The zero-order valence-electron chi connectivity index (χ0n) is 14.3. The number of hydrogen-bond acceptors (Lipinski definition) is 4. The summed E-state index contributed by atoms with van der Waals surface area (Å²) in [7, 11) is -3.67. The molecule has 1 saturated heterocycles. The van der Waals surface area contributed by atoms with Crippen molar-refractivity contribution in [2.75, 3.05) is 24.3 Å². The third-order valence-corrected chi connectivity index (χ3v) is 6.54. The summed E-state index contributed by atoms with van der Waals surface area (Å²) < 4.78 is 56.6. The molecular weight excluding hydrogens is 400 g/mol. The Morgan fingerprint density at radius 1 is 1.19 bits per heavy atom. The molecule has 0 atom stereocenters. The number of benzene rings is 2. The molecule has 144 valence electrons. The monoisotopic (exact) mass is 415 g/mol. The van der Waals surface area contributed by atoms with E-state index in [1.165, 1.54) is 24.3 Å². The van der Waals surface area contributed by atoms with Crippen LogP contribution < -0.4 is 5.32 Å². The SMILES string of the molecule is CC1(CS(=O)(=O)c2ccc(Cl)c(C(=O)Nc3ccc(F)c(F)c3)c2)COC1. The summed E-state index contributed by atoms with van der Waals surface area (Å²) in [6, 6.07) is 6.69. The van der Waals surface area contributed by atoms with E-state index in [4.69, 9.17) is 16.3 Å². The molecule has 0 aromatic heterocycles. The molecule has 27 heavy (non-hydrogen) atoms. The normalized spacial score (nSPS) is 15.9. The van der Waals surface area contributed by atoms with Gasteiger partial charge in [0.1, 0.15) is 0 Å². The second-order valence-corrected chi connectivity index (χ2v) is 9.18. The molecule has 2 aromatic rings. The van der Waals surface area contributed by atoms with Crippen LogP contribution >= 0.6 is 11.6 Å². The lowest BCUT2D eigenvalue weighted by Crippen LogP contribution is -2.45. The standard InChI is InChI=1S/C18H16ClF2NO4S/c1-18(8-26-9-18)10-27(24,25)12-3-4-14(19)13(7-12)17(23)22-11-2-5-15(20)16(21)6-11/h2-7H,8-10H2,1H3,(H,22,23). The highest BCUT2D eigenvalue weighted by Crippen LogP contribution is 2.32. The lowest BCUT2D eigenvalue weighted by atomic mass is 9.92. The molecule has 5 nitrogen and oxygen atoms in total. The van der Waals surface area contributed by atoms with Gasteiger partial charge in [-0.2, -0.15) is 0 Å². The summed E-state index contributed by atoms with van der Waals surface area (Å²) in [6.45, 7) is 2.51. The first kappa shape index (κ1) is 19.7. The van der Waals surface area contributed by atoms with Crippen molar-refractivity contribution in [2.24, 2.45) is 5.41 Å². The van der Waals surface area contributed by atoms with E-state index in [2.05, 4.69) is 5.32 Å². The van der Waals surface area contributed by atoms with Gasteiger partial charge in [0, 0.05) is 17.2 Å². The second kappa shape index (κ2) is 7.18. The number of anilines is 1. The molecule has 3 rings (SSSR count). The molecule has 1 aliphatic rings. The minimum atomic E-state index is -3.67. The molecule has 1 N–H and O–H groups in total. The molecule has 0 radical (unpaired) electrons. The van der Waals surface area contributed by atoms with Gasteiger partial charge in [-0.3, -0.25) is 4.79 Å². The summed E-state index contributed by atoms with van der Waals surface area (Å²) in [5, 5.41) is 2.41. The van der Waals surface area contributed by atoms with Gasteiger partial charge in [-0.1, -0.05) is 18.5 Å². The van der Waals surface area contributed by atoms with Gasteiger partial charge in [-0.15, -0.1) is 0 Å². The smallest absolute Gasteiger partial charge is 0.257 e. The van der Waals surface area contributed by atoms with Crippen LogP contribution in [0.4, 0.5) is 14.5 Å². The Hall–Kier alpha value is -2.03. The van der Waals surface area contributed by atoms with Crippen LogP contribution in [0.2, 0.25) is 5.02 Å². The van der Waals surface area contributed by atoms with Crippen LogP contribution in [0.5, 0.6) is 0 Å². The van der Waals surface area contributed by atoms with Crippen molar-refractivity contribution in [2.45, 2.75) is 11.8 Å². The predicted molar refractivity (Wildman–Crippen MR) is 96.7 cm³/mol. The Balaban J connectivity index is 1.86. The van der Waals surface area contributed by atoms with Gasteiger partial charge in [0.2, 0.25) is 0 Å². The molecule has 0 bridgehead atoms. The predicted octanol–water partition coefficient (Wildman–Crippen LogP) is 3.68. The second-order valence-electron chi connectivity index (χ2n) is 6.79. The third-order valence-electron chi connectivity index (χ3n) is 4.16. The van der Waals surface area contributed by atoms with Gasteiger partial charge in [-0.25, -0.2) is 17.2 Å².